The molecule has 4 rings (SSSR count). The van der Waals surface area contributed by atoms with Gasteiger partial charge in [0.1, 0.15) is 18.1 Å². The second-order valence-corrected chi connectivity index (χ2v) is 8.74. The van der Waals surface area contributed by atoms with Crippen LogP contribution in [-0.4, -0.2) is 17.1 Å². The van der Waals surface area contributed by atoms with E-state index in [1.807, 2.05) is 60.7 Å². The summed E-state index contributed by atoms with van der Waals surface area (Å²) in [6.07, 6.45) is 3.95. The summed E-state index contributed by atoms with van der Waals surface area (Å²) in [7, 11) is 1.66. The van der Waals surface area contributed by atoms with Crippen molar-refractivity contribution in [3.63, 3.8) is 0 Å². The highest BCUT2D eigenvalue weighted by Crippen LogP contribution is 2.25. The summed E-state index contributed by atoms with van der Waals surface area (Å²) < 4.78 is 11.4. The monoisotopic (exact) mass is 424 g/mol. The molecule has 0 atom stereocenters. The number of hydrogen-bond donors (Lipinski definition) is 0. The van der Waals surface area contributed by atoms with Crippen LogP contribution >= 0.6 is 0 Å². The molecule has 0 bridgehead atoms. The predicted molar refractivity (Wildman–Crippen MR) is 131 cm³/mol. The number of fused-ring (bicyclic) bond motifs is 1. The molecule has 0 spiro atoms. The quantitative estimate of drug-likeness (QED) is 0.346. The fourth-order valence-electron chi connectivity index (χ4n) is 3.36. The lowest BCUT2D eigenvalue weighted by Gasteiger charge is -2.19. The van der Waals surface area contributed by atoms with Crippen molar-refractivity contribution in [2.24, 2.45) is 0 Å². The molecule has 1 heterocycles. The smallest absolute Gasteiger partial charge is 0.240 e. The third-order valence-electron chi connectivity index (χ3n) is 5.31. The van der Waals surface area contributed by atoms with Gasteiger partial charge in [0.25, 0.3) is 0 Å². The third kappa shape index (κ3) is 5.14. The van der Waals surface area contributed by atoms with Crippen LogP contribution in [0.2, 0.25) is 0 Å². The maximum atomic E-state index is 6.14. The highest BCUT2D eigenvalue weighted by Gasteiger charge is 2.13. The Bertz CT molecular complexity index is 1220. The molecule has 0 N–H and O–H groups in total. The summed E-state index contributed by atoms with van der Waals surface area (Å²) >= 11 is 0. The molecule has 4 nitrogen and oxygen atoms in total. The summed E-state index contributed by atoms with van der Waals surface area (Å²) in [4.78, 5) is 9.51. The van der Waals surface area contributed by atoms with Crippen molar-refractivity contribution in [3.8, 4) is 11.6 Å². The van der Waals surface area contributed by atoms with Crippen molar-refractivity contribution in [2.75, 3.05) is 7.11 Å². The first-order valence-corrected chi connectivity index (χ1v) is 10.7. The van der Waals surface area contributed by atoms with Gasteiger partial charge in [-0.05, 0) is 52.4 Å². The Morgan fingerprint density at radius 1 is 0.781 bits per heavy atom. The minimum atomic E-state index is 0.128. The van der Waals surface area contributed by atoms with E-state index in [0.717, 1.165) is 27.9 Å². The Balaban J connectivity index is 1.59. The fraction of sp³-hybridized carbons (Fsp3) is 0.214. The first-order valence-electron chi connectivity index (χ1n) is 10.7. The van der Waals surface area contributed by atoms with E-state index in [2.05, 4.69) is 45.0 Å². The largest absolute Gasteiger partial charge is 0.497 e. The lowest BCUT2D eigenvalue weighted by atomic mass is 9.87. The standard InChI is InChI=1S/C28H28N2O2/c1-28(2,3)22-14-9-21(10-15-22)19-32-27-26(29-24-7-5-6-8-25(24)30-27)18-13-20-11-16-23(31-4)17-12-20/h5-18H,19H2,1-4H3/b18-13+. The molecule has 0 saturated carbocycles. The molecule has 0 aliphatic heterocycles. The predicted octanol–water partition coefficient (Wildman–Crippen LogP) is 6.69. The van der Waals surface area contributed by atoms with Crippen molar-refractivity contribution in [1.29, 1.82) is 0 Å². The number of methoxy groups -OCH3 is 1. The molecule has 3 aromatic carbocycles. The van der Waals surface area contributed by atoms with Gasteiger partial charge in [0, 0.05) is 0 Å². The Hall–Kier alpha value is -3.66. The number of nitrogens with zero attached hydrogens (tertiary/aromatic N) is 2. The van der Waals surface area contributed by atoms with Gasteiger partial charge in [-0.1, -0.05) is 75.4 Å². The van der Waals surface area contributed by atoms with Crippen molar-refractivity contribution in [2.45, 2.75) is 32.8 Å². The fourth-order valence-corrected chi connectivity index (χ4v) is 3.36. The topological polar surface area (TPSA) is 44.2 Å². The van der Waals surface area contributed by atoms with E-state index in [0.29, 0.717) is 18.2 Å². The summed E-state index contributed by atoms with van der Waals surface area (Å²) in [5.74, 6) is 1.35. The SMILES string of the molecule is COc1ccc(/C=C/c2nc3ccccc3nc2OCc2ccc(C(C)(C)C)cc2)cc1. The van der Waals surface area contributed by atoms with Crippen LogP contribution in [0, 0.1) is 0 Å². The van der Waals surface area contributed by atoms with Crippen LogP contribution in [0.1, 0.15) is 43.2 Å². The Morgan fingerprint density at radius 2 is 1.44 bits per heavy atom. The summed E-state index contributed by atoms with van der Waals surface area (Å²) in [6, 6.07) is 24.3. The highest BCUT2D eigenvalue weighted by molar-refractivity contribution is 5.79. The maximum absolute atomic E-state index is 6.14. The van der Waals surface area contributed by atoms with E-state index in [9.17, 15) is 0 Å². The van der Waals surface area contributed by atoms with E-state index in [-0.39, 0.29) is 5.41 Å². The molecule has 1 aromatic heterocycles. The molecular formula is C28H28N2O2. The van der Waals surface area contributed by atoms with Gasteiger partial charge >= 0.3 is 0 Å². The number of benzene rings is 3. The number of aromatic nitrogens is 2. The zero-order valence-electron chi connectivity index (χ0n) is 19.0. The van der Waals surface area contributed by atoms with Crippen LogP contribution < -0.4 is 9.47 Å². The second-order valence-electron chi connectivity index (χ2n) is 8.74. The van der Waals surface area contributed by atoms with Gasteiger partial charge in [-0.2, -0.15) is 0 Å². The number of rotatable bonds is 6. The molecule has 0 amide bonds. The van der Waals surface area contributed by atoms with E-state index in [1.165, 1.54) is 5.56 Å². The normalized spacial score (nSPS) is 11.8. The molecular weight excluding hydrogens is 396 g/mol. The van der Waals surface area contributed by atoms with Crippen LogP contribution in [0.5, 0.6) is 11.6 Å². The Morgan fingerprint density at radius 3 is 2.06 bits per heavy atom. The van der Waals surface area contributed by atoms with Crippen molar-refractivity contribution in [3.05, 3.63) is 95.2 Å². The average Bonchev–Trinajstić information content (AvgIpc) is 2.81. The van der Waals surface area contributed by atoms with Crippen LogP contribution in [0.15, 0.2) is 72.8 Å². The van der Waals surface area contributed by atoms with Crippen LogP contribution in [0.3, 0.4) is 0 Å². The van der Waals surface area contributed by atoms with Crippen LogP contribution in [0.25, 0.3) is 23.2 Å². The molecule has 4 heteroatoms. The summed E-state index contributed by atoms with van der Waals surface area (Å²) in [5.41, 5.74) is 5.92. The molecule has 4 aromatic rings. The van der Waals surface area contributed by atoms with Gasteiger partial charge < -0.3 is 9.47 Å². The van der Waals surface area contributed by atoms with Crippen molar-refractivity contribution >= 4 is 23.2 Å². The minimum absolute atomic E-state index is 0.128. The zero-order valence-corrected chi connectivity index (χ0v) is 19.0. The van der Waals surface area contributed by atoms with Gasteiger partial charge in [-0.25, -0.2) is 9.97 Å². The lowest BCUT2D eigenvalue weighted by molar-refractivity contribution is 0.293. The van der Waals surface area contributed by atoms with Crippen molar-refractivity contribution < 1.29 is 9.47 Å². The molecule has 0 fully saturated rings. The lowest BCUT2D eigenvalue weighted by Crippen LogP contribution is -2.11. The number of hydrogen-bond acceptors (Lipinski definition) is 4. The van der Waals surface area contributed by atoms with Gasteiger partial charge in [0.15, 0.2) is 0 Å². The van der Waals surface area contributed by atoms with Gasteiger partial charge in [-0.15, -0.1) is 0 Å². The van der Waals surface area contributed by atoms with Crippen molar-refractivity contribution in [1.82, 2.24) is 9.97 Å². The third-order valence-corrected chi connectivity index (χ3v) is 5.31. The van der Waals surface area contributed by atoms with Crippen LogP contribution in [0.4, 0.5) is 0 Å². The molecule has 0 aliphatic rings. The average molecular weight is 425 g/mol. The van der Waals surface area contributed by atoms with Gasteiger partial charge in [0.2, 0.25) is 5.88 Å². The van der Waals surface area contributed by atoms with E-state index >= 15 is 0 Å². The Kier molecular flexibility index (Phi) is 6.22. The molecule has 0 unspecified atom stereocenters. The molecule has 0 radical (unpaired) electrons. The molecule has 0 aliphatic carbocycles. The second kappa shape index (κ2) is 9.23. The van der Waals surface area contributed by atoms with E-state index < -0.39 is 0 Å². The first-order chi connectivity index (χ1) is 15.4. The van der Waals surface area contributed by atoms with Gasteiger partial charge in [0.05, 0.1) is 18.1 Å². The summed E-state index contributed by atoms with van der Waals surface area (Å²) in [6.45, 7) is 7.07. The van der Waals surface area contributed by atoms with Crippen LogP contribution in [-0.2, 0) is 12.0 Å². The van der Waals surface area contributed by atoms with E-state index in [4.69, 9.17) is 19.4 Å². The van der Waals surface area contributed by atoms with Gasteiger partial charge in [-0.3, -0.25) is 0 Å². The molecule has 0 saturated heterocycles. The first kappa shape index (κ1) is 21.6. The maximum Gasteiger partial charge on any atom is 0.240 e. The van der Waals surface area contributed by atoms with E-state index in [1.54, 1.807) is 7.11 Å². The number of ether oxygens (including phenoxy) is 2. The number of para-hydroxylation sites is 2. The minimum Gasteiger partial charge on any atom is -0.497 e. The Labute approximate surface area is 189 Å². The zero-order chi connectivity index (χ0) is 22.6. The molecule has 162 valence electrons. The summed E-state index contributed by atoms with van der Waals surface area (Å²) in [5, 5.41) is 0. The highest BCUT2D eigenvalue weighted by atomic mass is 16.5. The molecule has 32 heavy (non-hydrogen) atoms.